The second-order valence-electron chi connectivity index (χ2n) is 4.60. The molecule has 1 saturated heterocycles. The first-order valence-electron chi connectivity index (χ1n) is 5.67. The topological polar surface area (TPSA) is 61.5 Å². The van der Waals surface area contributed by atoms with Crippen LogP contribution in [-0.2, 0) is 14.3 Å². The van der Waals surface area contributed by atoms with Crippen molar-refractivity contribution >= 4 is 5.97 Å². The maximum atomic E-state index is 11.7. The summed E-state index contributed by atoms with van der Waals surface area (Å²) in [6.45, 7) is 0.486. The molecular weight excluding hydrogens is 194 g/mol. The summed E-state index contributed by atoms with van der Waals surface area (Å²) in [4.78, 5) is 11.7. The van der Waals surface area contributed by atoms with E-state index in [1.807, 2.05) is 0 Å². The third-order valence-corrected chi connectivity index (χ3v) is 3.71. The van der Waals surface area contributed by atoms with Gasteiger partial charge in [-0.3, -0.25) is 4.79 Å². The summed E-state index contributed by atoms with van der Waals surface area (Å²) in [5, 5.41) is 0. The lowest BCUT2D eigenvalue weighted by atomic mass is 9.74. The standard InChI is InChI=1S/C11H19NO3/c1-14-10(13)9-8(12)7-15-11(9)5-3-2-4-6-11/h8-9H,2-7,12H2,1H3. The Bertz CT molecular complexity index is 243. The highest BCUT2D eigenvalue weighted by Crippen LogP contribution is 2.43. The Kier molecular flexibility index (Phi) is 2.98. The number of ether oxygens (including phenoxy) is 2. The highest BCUT2D eigenvalue weighted by molar-refractivity contribution is 5.75. The molecule has 0 amide bonds. The van der Waals surface area contributed by atoms with Gasteiger partial charge in [0.15, 0.2) is 0 Å². The van der Waals surface area contributed by atoms with E-state index in [9.17, 15) is 4.79 Å². The lowest BCUT2D eigenvalue weighted by molar-refractivity contribution is -0.154. The Morgan fingerprint density at radius 1 is 1.40 bits per heavy atom. The van der Waals surface area contributed by atoms with Crippen LogP contribution in [0.4, 0.5) is 0 Å². The van der Waals surface area contributed by atoms with E-state index < -0.39 is 0 Å². The van der Waals surface area contributed by atoms with E-state index in [-0.39, 0.29) is 23.5 Å². The molecule has 4 nitrogen and oxygen atoms in total. The van der Waals surface area contributed by atoms with Crippen molar-refractivity contribution in [1.82, 2.24) is 0 Å². The Morgan fingerprint density at radius 2 is 2.07 bits per heavy atom. The summed E-state index contributed by atoms with van der Waals surface area (Å²) in [5.41, 5.74) is 5.62. The molecule has 2 fully saturated rings. The van der Waals surface area contributed by atoms with Gasteiger partial charge in [-0.25, -0.2) is 0 Å². The van der Waals surface area contributed by atoms with E-state index in [2.05, 4.69) is 0 Å². The summed E-state index contributed by atoms with van der Waals surface area (Å²) in [6.07, 6.45) is 5.37. The molecule has 2 atom stereocenters. The van der Waals surface area contributed by atoms with Crippen molar-refractivity contribution < 1.29 is 14.3 Å². The van der Waals surface area contributed by atoms with Crippen molar-refractivity contribution in [1.29, 1.82) is 0 Å². The molecule has 1 spiro atoms. The van der Waals surface area contributed by atoms with Crippen molar-refractivity contribution in [3.8, 4) is 0 Å². The Balaban J connectivity index is 2.18. The number of nitrogens with two attached hydrogens (primary N) is 1. The zero-order valence-electron chi connectivity index (χ0n) is 9.20. The van der Waals surface area contributed by atoms with Crippen LogP contribution in [0.15, 0.2) is 0 Å². The molecule has 0 aromatic heterocycles. The summed E-state index contributed by atoms with van der Waals surface area (Å²) >= 11 is 0. The van der Waals surface area contributed by atoms with Crippen molar-refractivity contribution in [3.05, 3.63) is 0 Å². The highest BCUT2D eigenvalue weighted by Gasteiger charge is 2.53. The molecule has 0 aromatic rings. The second kappa shape index (κ2) is 4.10. The van der Waals surface area contributed by atoms with Crippen LogP contribution >= 0.6 is 0 Å². The molecule has 86 valence electrons. The highest BCUT2D eigenvalue weighted by atomic mass is 16.5. The van der Waals surface area contributed by atoms with Crippen LogP contribution in [0.5, 0.6) is 0 Å². The number of methoxy groups -OCH3 is 1. The van der Waals surface area contributed by atoms with Gasteiger partial charge in [0.2, 0.25) is 0 Å². The lowest BCUT2D eigenvalue weighted by Crippen LogP contribution is -2.47. The first-order chi connectivity index (χ1) is 7.19. The van der Waals surface area contributed by atoms with Gasteiger partial charge in [0, 0.05) is 6.04 Å². The minimum absolute atomic E-state index is 0.199. The summed E-state index contributed by atoms with van der Waals surface area (Å²) < 4.78 is 10.6. The molecule has 1 heterocycles. The average molecular weight is 213 g/mol. The van der Waals surface area contributed by atoms with Crippen LogP contribution in [-0.4, -0.2) is 31.3 Å². The number of esters is 1. The summed E-state index contributed by atoms with van der Waals surface area (Å²) in [5.74, 6) is -0.468. The largest absolute Gasteiger partial charge is 0.469 e. The van der Waals surface area contributed by atoms with Crippen LogP contribution < -0.4 is 5.73 Å². The van der Waals surface area contributed by atoms with Crippen molar-refractivity contribution in [3.63, 3.8) is 0 Å². The monoisotopic (exact) mass is 213 g/mol. The number of carbonyl (C=O) groups excluding carboxylic acids is 1. The molecule has 2 aliphatic rings. The fraction of sp³-hybridized carbons (Fsp3) is 0.909. The van der Waals surface area contributed by atoms with E-state index in [1.54, 1.807) is 0 Å². The van der Waals surface area contributed by atoms with Gasteiger partial charge < -0.3 is 15.2 Å². The fourth-order valence-corrected chi connectivity index (χ4v) is 2.96. The van der Waals surface area contributed by atoms with E-state index in [1.165, 1.54) is 13.5 Å². The number of rotatable bonds is 1. The zero-order chi connectivity index (χ0) is 10.9. The molecule has 0 radical (unpaired) electrons. The van der Waals surface area contributed by atoms with Crippen LogP contribution in [0.25, 0.3) is 0 Å². The first kappa shape index (κ1) is 10.9. The molecule has 0 aromatic carbocycles. The quantitative estimate of drug-likeness (QED) is 0.655. The van der Waals surface area contributed by atoms with Gasteiger partial charge in [-0.15, -0.1) is 0 Å². The number of hydrogen-bond acceptors (Lipinski definition) is 4. The van der Waals surface area contributed by atoms with Gasteiger partial charge >= 0.3 is 5.97 Å². The number of carbonyl (C=O) groups is 1. The molecule has 15 heavy (non-hydrogen) atoms. The van der Waals surface area contributed by atoms with Crippen LogP contribution in [0.2, 0.25) is 0 Å². The minimum Gasteiger partial charge on any atom is -0.469 e. The third-order valence-electron chi connectivity index (χ3n) is 3.71. The van der Waals surface area contributed by atoms with Gasteiger partial charge in [0.05, 0.1) is 19.3 Å². The fourth-order valence-electron chi connectivity index (χ4n) is 2.96. The molecule has 4 heteroatoms. The predicted octanol–water partition coefficient (Wildman–Crippen LogP) is 0.836. The molecule has 1 aliphatic heterocycles. The van der Waals surface area contributed by atoms with E-state index >= 15 is 0 Å². The second-order valence-corrected chi connectivity index (χ2v) is 4.60. The molecule has 2 unspecified atom stereocenters. The lowest BCUT2D eigenvalue weighted by Gasteiger charge is -2.36. The van der Waals surface area contributed by atoms with Crippen LogP contribution in [0.1, 0.15) is 32.1 Å². The molecule has 1 saturated carbocycles. The maximum absolute atomic E-state index is 11.7. The maximum Gasteiger partial charge on any atom is 0.313 e. The van der Waals surface area contributed by atoms with Crippen molar-refractivity contribution in [2.75, 3.05) is 13.7 Å². The van der Waals surface area contributed by atoms with Crippen molar-refractivity contribution in [2.45, 2.75) is 43.7 Å². The van der Waals surface area contributed by atoms with E-state index in [0.29, 0.717) is 6.61 Å². The number of hydrogen-bond donors (Lipinski definition) is 1. The van der Waals surface area contributed by atoms with Gasteiger partial charge in [-0.05, 0) is 12.8 Å². The Hall–Kier alpha value is -0.610. The van der Waals surface area contributed by atoms with Crippen molar-refractivity contribution in [2.24, 2.45) is 11.7 Å². The van der Waals surface area contributed by atoms with Gasteiger partial charge in [0.25, 0.3) is 0 Å². The minimum atomic E-state index is -0.315. The average Bonchev–Trinajstić information content (AvgIpc) is 2.56. The molecule has 2 N–H and O–H groups in total. The molecule has 0 bridgehead atoms. The third kappa shape index (κ3) is 1.76. The SMILES string of the molecule is COC(=O)C1C(N)COC12CCCCC2. The molecule has 2 rings (SSSR count). The predicted molar refractivity (Wildman–Crippen MR) is 55.2 cm³/mol. The van der Waals surface area contributed by atoms with Gasteiger partial charge in [-0.1, -0.05) is 19.3 Å². The normalized spacial score (nSPS) is 34.3. The molecule has 1 aliphatic carbocycles. The van der Waals surface area contributed by atoms with Gasteiger partial charge in [0.1, 0.15) is 5.92 Å². The zero-order valence-corrected chi connectivity index (χ0v) is 9.20. The smallest absolute Gasteiger partial charge is 0.313 e. The van der Waals surface area contributed by atoms with Crippen LogP contribution in [0, 0.1) is 5.92 Å². The summed E-state index contributed by atoms with van der Waals surface area (Å²) in [7, 11) is 1.42. The van der Waals surface area contributed by atoms with Crippen LogP contribution in [0.3, 0.4) is 0 Å². The molecular formula is C11H19NO3. The Morgan fingerprint density at radius 3 is 2.67 bits per heavy atom. The van der Waals surface area contributed by atoms with E-state index in [0.717, 1.165) is 25.7 Å². The Labute approximate surface area is 90.1 Å². The van der Waals surface area contributed by atoms with Gasteiger partial charge in [-0.2, -0.15) is 0 Å². The first-order valence-corrected chi connectivity index (χ1v) is 5.67. The van der Waals surface area contributed by atoms with E-state index in [4.69, 9.17) is 15.2 Å². The summed E-state index contributed by atoms with van der Waals surface area (Å²) in [6, 6.07) is -0.199.